The minimum absolute atomic E-state index is 0.0930. The van der Waals surface area contributed by atoms with Crippen LogP contribution in [0.1, 0.15) is 58.4 Å². The number of nitriles is 1. The third-order valence-corrected chi connectivity index (χ3v) is 7.79. The molecule has 4 aromatic heterocycles. The van der Waals surface area contributed by atoms with Crippen LogP contribution >= 0.6 is 0 Å². The number of aromatic nitrogens is 5. The molecule has 3 atom stereocenters. The van der Waals surface area contributed by atoms with Crippen LogP contribution in [-0.4, -0.2) is 54.2 Å². The van der Waals surface area contributed by atoms with E-state index in [1.54, 1.807) is 15.4 Å². The first kappa shape index (κ1) is 25.9. The first-order chi connectivity index (χ1) is 19.2. The third-order valence-electron chi connectivity index (χ3n) is 7.79. The molecule has 2 aliphatic heterocycles. The molecule has 6 rings (SSSR count). The fourth-order valence-corrected chi connectivity index (χ4v) is 6.20. The Morgan fingerprint density at radius 3 is 2.45 bits per heavy atom. The summed E-state index contributed by atoms with van der Waals surface area (Å²) in [5, 5.41) is 21.6. The maximum Gasteiger partial charge on any atom is 0.407 e. The van der Waals surface area contributed by atoms with Crippen LogP contribution in [0.25, 0.3) is 27.8 Å². The van der Waals surface area contributed by atoms with Crippen LogP contribution < -0.4 is 10.2 Å². The molecule has 0 saturated carbocycles. The van der Waals surface area contributed by atoms with Crippen molar-refractivity contribution in [2.45, 2.75) is 76.6 Å². The van der Waals surface area contributed by atoms with Gasteiger partial charge in [0, 0.05) is 66.0 Å². The van der Waals surface area contributed by atoms with E-state index in [-0.39, 0.29) is 12.1 Å². The number of fused-ring (bicyclic) bond motifs is 3. The quantitative estimate of drug-likeness (QED) is 0.385. The predicted octanol–water partition coefficient (Wildman–Crippen LogP) is 5.08. The number of hydrogen-bond donors (Lipinski definition) is 1. The zero-order chi connectivity index (χ0) is 28.0. The number of piperidine rings is 2. The van der Waals surface area contributed by atoms with Crippen molar-refractivity contribution in [3.05, 3.63) is 54.7 Å². The highest BCUT2D eigenvalue weighted by Gasteiger charge is 2.39. The van der Waals surface area contributed by atoms with Crippen LogP contribution in [0.15, 0.2) is 49.2 Å². The zero-order valence-electron chi connectivity index (χ0n) is 23.3. The van der Waals surface area contributed by atoms with Gasteiger partial charge in [-0.3, -0.25) is 4.68 Å². The average Bonchev–Trinajstić information content (AvgIpc) is 3.52. The molecule has 0 aromatic carbocycles. The maximum atomic E-state index is 12.4. The van der Waals surface area contributed by atoms with Crippen molar-refractivity contribution in [3.8, 4) is 28.3 Å². The van der Waals surface area contributed by atoms with Gasteiger partial charge in [-0.2, -0.15) is 15.5 Å². The lowest BCUT2D eigenvalue weighted by Gasteiger charge is -2.49. The zero-order valence-corrected chi connectivity index (χ0v) is 23.3. The molecule has 10 heteroatoms. The van der Waals surface area contributed by atoms with Crippen molar-refractivity contribution < 1.29 is 9.53 Å². The summed E-state index contributed by atoms with van der Waals surface area (Å²) in [5.74, 6) is 0.947. The van der Waals surface area contributed by atoms with Gasteiger partial charge in [-0.05, 0) is 71.1 Å². The summed E-state index contributed by atoms with van der Waals surface area (Å²) in [4.78, 5) is 19.8. The molecule has 2 bridgehead atoms. The van der Waals surface area contributed by atoms with Crippen molar-refractivity contribution in [2.75, 3.05) is 4.90 Å². The molecule has 206 valence electrons. The van der Waals surface area contributed by atoms with Gasteiger partial charge in [-0.25, -0.2) is 14.3 Å². The van der Waals surface area contributed by atoms with E-state index in [2.05, 4.69) is 44.7 Å². The van der Waals surface area contributed by atoms with Gasteiger partial charge in [0.1, 0.15) is 17.5 Å². The normalized spacial score (nSPS) is 20.8. The van der Waals surface area contributed by atoms with E-state index in [0.717, 1.165) is 59.3 Å². The molecule has 6 heterocycles. The maximum absolute atomic E-state index is 12.4. The van der Waals surface area contributed by atoms with E-state index in [1.807, 2.05) is 52.6 Å². The molecule has 0 spiro atoms. The Balaban J connectivity index is 1.28. The number of pyridine rings is 2. The summed E-state index contributed by atoms with van der Waals surface area (Å²) in [6, 6.07) is 9.23. The van der Waals surface area contributed by atoms with E-state index >= 15 is 0 Å². The third kappa shape index (κ3) is 4.99. The van der Waals surface area contributed by atoms with Gasteiger partial charge in [0.2, 0.25) is 0 Å². The lowest BCUT2D eigenvalue weighted by molar-refractivity contribution is 0.0482. The Labute approximate surface area is 233 Å². The topological polar surface area (TPSA) is 113 Å². The molecule has 1 amide bonds. The molecule has 40 heavy (non-hydrogen) atoms. The number of carbonyl (C=O) groups is 1. The van der Waals surface area contributed by atoms with Crippen LogP contribution in [0.4, 0.5) is 10.6 Å². The van der Waals surface area contributed by atoms with Crippen molar-refractivity contribution in [2.24, 2.45) is 7.05 Å². The molecule has 2 saturated heterocycles. The molecule has 1 N–H and O–H groups in total. The molecular weight excluding hydrogens is 504 g/mol. The Hall–Kier alpha value is -4.39. The van der Waals surface area contributed by atoms with Gasteiger partial charge in [0.25, 0.3) is 0 Å². The molecular formula is C30H34N8O2. The van der Waals surface area contributed by atoms with E-state index in [4.69, 9.17) is 9.72 Å². The van der Waals surface area contributed by atoms with Crippen LogP contribution in [0.2, 0.25) is 0 Å². The summed E-state index contributed by atoms with van der Waals surface area (Å²) >= 11 is 0. The van der Waals surface area contributed by atoms with Gasteiger partial charge >= 0.3 is 6.09 Å². The lowest BCUT2D eigenvalue weighted by Crippen LogP contribution is -2.57. The van der Waals surface area contributed by atoms with E-state index in [0.29, 0.717) is 17.6 Å². The standard InChI is InChI=1S/C30H34N8O2/c1-30(2,3)40-29(39)35-23-11-24-6-5-7-25(12-23)38(24)27-9-8-19(14-32-27)26-10-20(22-16-33-36(4)17-22)18-37-28(26)21(13-31)15-34-37/h8-10,14-18,23-25H,5-7,11-12H2,1-4H3,(H,35,39)/t23-,24-,25+. The van der Waals surface area contributed by atoms with Gasteiger partial charge in [-0.1, -0.05) is 0 Å². The molecule has 0 radical (unpaired) electrons. The fourth-order valence-electron chi connectivity index (χ4n) is 6.20. The van der Waals surface area contributed by atoms with Gasteiger partial charge in [0.15, 0.2) is 0 Å². The smallest absolute Gasteiger partial charge is 0.407 e. The van der Waals surface area contributed by atoms with E-state index < -0.39 is 5.60 Å². The highest BCUT2D eigenvalue weighted by atomic mass is 16.6. The van der Waals surface area contributed by atoms with Crippen molar-refractivity contribution in [1.29, 1.82) is 5.26 Å². The van der Waals surface area contributed by atoms with E-state index in [9.17, 15) is 10.1 Å². The first-order valence-corrected chi connectivity index (χ1v) is 13.8. The minimum atomic E-state index is -0.514. The predicted molar refractivity (Wildman–Crippen MR) is 152 cm³/mol. The number of amides is 1. The van der Waals surface area contributed by atoms with Gasteiger partial charge < -0.3 is 15.0 Å². The monoisotopic (exact) mass is 538 g/mol. The Morgan fingerprint density at radius 2 is 1.82 bits per heavy atom. The van der Waals surface area contributed by atoms with Crippen LogP contribution in [0.5, 0.6) is 0 Å². The summed E-state index contributed by atoms with van der Waals surface area (Å²) in [6.07, 6.45) is 13.9. The Morgan fingerprint density at radius 1 is 1.05 bits per heavy atom. The molecule has 2 fully saturated rings. The number of nitrogens with one attached hydrogen (secondary N) is 1. The summed E-state index contributed by atoms with van der Waals surface area (Å²) in [6.45, 7) is 5.65. The minimum Gasteiger partial charge on any atom is -0.444 e. The number of hydrogen-bond acceptors (Lipinski definition) is 7. The molecule has 0 unspecified atom stereocenters. The Kier molecular flexibility index (Phi) is 6.45. The molecule has 10 nitrogen and oxygen atoms in total. The SMILES string of the molecule is Cn1cc(-c2cc(-c3ccc(N4[C@@H]5CCC[C@H]4C[C@H](NC(=O)OC(C)(C)C)C5)nc3)c3c(C#N)cnn3c2)cn1. The van der Waals surface area contributed by atoms with Gasteiger partial charge in [0.05, 0.1) is 23.5 Å². The first-order valence-electron chi connectivity index (χ1n) is 13.8. The second kappa shape index (κ2) is 9.97. The Bertz CT molecular complexity index is 1580. The number of aryl methyl sites for hydroxylation is 1. The number of nitrogens with zero attached hydrogens (tertiary/aromatic N) is 7. The molecule has 2 aliphatic rings. The second-order valence-corrected chi connectivity index (χ2v) is 11.9. The number of anilines is 1. The summed E-state index contributed by atoms with van der Waals surface area (Å²) < 4.78 is 9.03. The van der Waals surface area contributed by atoms with Crippen molar-refractivity contribution >= 4 is 17.4 Å². The summed E-state index contributed by atoms with van der Waals surface area (Å²) in [5.41, 5.74) is 4.51. The van der Waals surface area contributed by atoms with Crippen LogP contribution in [-0.2, 0) is 11.8 Å². The average molecular weight is 539 g/mol. The summed E-state index contributed by atoms with van der Waals surface area (Å²) in [7, 11) is 1.89. The second-order valence-electron chi connectivity index (χ2n) is 11.9. The van der Waals surface area contributed by atoms with Crippen LogP contribution in [0.3, 0.4) is 0 Å². The van der Waals surface area contributed by atoms with Crippen molar-refractivity contribution in [1.82, 2.24) is 29.7 Å². The van der Waals surface area contributed by atoms with Gasteiger partial charge in [-0.15, -0.1) is 0 Å². The number of alkyl carbamates (subject to hydrolysis) is 1. The number of carbonyl (C=O) groups excluding carboxylic acids is 1. The highest BCUT2D eigenvalue weighted by molar-refractivity contribution is 5.87. The lowest BCUT2D eigenvalue weighted by atomic mass is 9.81. The fraction of sp³-hybridized carbons (Fsp3) is 0.433. The number of ether oxygens (including phenoxy) is 1. The van der Waals surface area contributed by atoms with E-state index in [1.165, 1.54) is 6.42 Å². The number of rotatable bonds is 4. The van der Waals surface area contributed by atoms with Crippen LogP contribution in [0, 0.1) is 11.3 Å². The molecule has 4 aromatic rings. The largest absolute Gasteiger partial charge is 0.444 e. The highest BCUT2D eigenvalue weighted by Crippen LogP contribution is 2.38. The molecule has 0 aliphatic carbocycles. The van der Waals surface area contributed by atoms with Crippen molar-refractivity contribution in [3.63, 3.8) is 0 Å².